The van der Waals surface area contributed by atoms with Crippen LogP contribution >= 0.6 is 11.8 Å². The lowest BCUT2D eigenvalue weighted by molar-refractivity contribution is -0.245. The molecule has 57 heavy (non-hydrogen) atoms. The van der Waals surface area contributed by atoms with Crippen molar-refractivity contribution in [3.63, 3.8) is 0 Å². The van der Waals surface area contributed by atoms with Crippen LogP contribution in [0.25, 0.3) is 11.1 Å². The van der Waals surface area contributed by atoms with Gasteiger partial charge in [0.05, 0.1) is 23.7 Å². The molecular weight excluding hydrogens is 761 g/mol. The summed E-state index contributed by atoms with van der Waals surface area (Å²) in [6.07, 6.45) is -0.266. The number of tetrazole rings is 1. The summed E-state index contributed by atoms with van der Waals surface area (Å²) in [5.41, 5.74) is 7.15. The third kappa shape index (κ3) is 10.4. The van der Waals surface area contributed by atoms with Gasteiger partial charge in [0.25, 0.3) is 0 Å². The van der Waals surface area contributed by atoms with Crippen LogP contribution in [0.3, 0.4) is 0 Å². The van der Waals surface area contributed by atoms with Gasteiger partial charge < -0.3 is 19.9 Å². The second-order valence-electron chi connectivity index (χ2n) is 14.0. The molecule has 1 amide bonds. The number of thioether (sulfide) groups is 1. The molecule has 0 radical (unpaired) electrons. The number of sulfonamides is 1. The maximum absolute atomic E-state index is 13.7. The number of benzene rings is 5. The van der Waals surface area contributed by atoms with Crippen molar-refractivity contribution in [2.24, 2.45) is 7.05 Å². The number of nitrogens with one attached hydrogen (secondary N) is 2. The van der Waals surface area contributed by atoms with Gasteiger partial charge in [-0.3, -0.25) is 4.79 Å². The fourth-order valence-corrected chi connectivity index (χ4v) is 8.64. The first-order chi connectivity index (χ1) is 27.6. The Morgan fingerprint density at radius 1 is 0.860 bits per heavy atom. The molecule has 1 aliphatic rings. The Hall–Kier alpha value is -5.22. The summed E-state index contributed by atoms with van der Waals surface area (Å²) >= 11 is 1.52. The van der Waals surface area contributed by atoms with E-state index in [0.717, 1.165) is 44.5 Å². The van der Waals surface area contributed by atoms with E-state index in [9.17, 15) is 18.3 Å². The SMILES string of the molecule is Cc1ccc(S(=O)(=O)N[C@H](Cc2ccccc2)C(=O)NCc2cccc(-c3cccc([C@H]4O[C@@H](CSc5nnnn5C)C[C@@H](c5ccc(CO)cc5)O4)c3)c2)cc1. The number of carbonyl (C=O) groups is 1. The van der Waals surface area contributed by atoms with E-state index in [1.165, 1.54) is 23.9 Å². The zero-order valence-electron chi connectivity index (χ0n) is 31.6. The summed E-state index contributed by atoms with van der Waals surface area (Å²) in [5.74, 6) is 0.184. The fraction of sp³-hybridized carbons (Fsp3) is 0.256. The Morgan fingerprint density at radius 2 is 1.58 bits per heavy atom. The van der Waals surface area contributed by atoms with Crippen molar-refractivity contribution in [3.05, 3.63) is 161 Å². The molecule has 4 atom stereocenters. The summed E-state index contributed by atoms with van der Waals surface area (Å²) in [4.78, 5) is 13.8. The van der Waals surface area contributed by atoms with E-state index in [0.29, 0.717) is 17.3 Å². The molecule has 0 bridgehead atoms. The van der Waals surface area contributed by atoms with Crippen LogP contribution in [-0.4, -0.2) is 57.5 Å². The second kappa shape index (κ2) is 18.4. The molecule has 7 rings (SSSR count). The number of hydrogen-bond acceptors (Lipinski definition) is 10. The number of ether oxygens (including phenoxy) is 2. The molecule has 2 heterocycles. The molecule has 1 fully saturated rings. The van der Waals surface area contributed by atoms with Crippen molar-refractivity contribution in [3.8, 4) is 11.1 Å². The maximum atomic E-state index is 13.7. The van der Waals surface area contributed by atoms with E-state index in [1.54, 1.807) is 23.9 Å². The number of aliphatic hydroxyl groups excluding tert-OH is 1. The largest absolute Gasteiger partial charge is 0.392 e. The van der Waals surface area contributed by atoms with Crippen LogP contribution in [0.15, 0.2) is 137 Å². The molecule has 3 N–H and O–H groups in total. The number of nitrogens with zero attached hydrogens (tertiary/aromatic N) is 4. The summed E-state index contributed by atoms with van der Waals surface area (Å²) < 4.78 is 44.2. The number of aryl methyl sites for hydroxylation is 2. The molecule has 6 aromatic rings. The van der Waals surface area contributed by atoms with Crippen LogP contribution < -0.4 is 10.0 Å². The highest BCUT2D eigenvalue weighted by Gasteiger charge is 2.33. The summed E-state index contributed by atoms with van der Waals surface area (Å²) in [6, 6.07) is 38.5. The number of aliphatic hydroxyl groups is 1. The predicted octanol–water partition coefficient (Wildman–Crippen LogP) is 6.22. The van der Waals surface area contributed by atoms with E-state index in [1.807, 2.05) is 110 Å². The van der Waals surface area contributed by atoms with E-state index >= 15 is 0 Å². The number of carbonyl (C=O) groups excluding carboxylic acids is 1. The molecule has 0 saturated carbocycles. The standard InChI is InChI=1S/C43H44N6O6S2/c1-29-14-20-38(21-15-29)57(52,53)46-39(23-30-8-4-3-5-9-30)41(51)44-26-32-10-6-11-34(22-32)35-12-7-13-36(24-35)42-54-37(28-56-43-45-47-48-49(43)2)25-40(55-42)33-18-16-31(27-50)17-19-33/h3-22,24,37,39-40,42,46,50H,23,25-28H2,1-2H3,(H,44,51)/t37-,39-,40+,42+/m1/s1. The molecule has 0 unspecified atom stereocenters. The highest BCUT2D eigenvalue weighted by molar-refractivity contribution is 7.99. The monoisotopic (exact) mass is 804 g/mol. The van der Waals surface area contributed by atoms with E-state index in [4.69, 9.17) is 9.47 Å². The van der Waals surface area contributed by atoms with Crippen molar-refractivity contribution in [2.45, 2.75) is 67.5 Å². The topological polar surface area (TPSA) is 158 Å². The van der Waals surface area contributed by atoms with Gasteiger partial charge in [0.1, 0.15) is 6.04 Å². The molecule has 1 aliphatic heterocycles. The minimum Gasteiger partial charge on any atom is -0.392 e. The smallest absolute Gasteiger partial charge is 0.241 e. The third-order valence-corrected chi connectivity index (χ3v) is 12.3. The number of amides is 1. The molecule has 1 aromatic heterocycles. The van der Waals surface area contributed by atoms with Crippen molar-refractivity contribution < 1.29 is 27.8 Å². The number of hydrogen-bond donors (Lipinski definition) is 3. The average molecular weight is 805 g/mol. The Kier molecular flexibility index (Phi) is 12.9. The van der Waals surface area contributed by atoms with Gasteiger partial charge in [0.2, 0.25) is 21.1 Å². The summed E-state index contributed by atoms with van der Waals surface area (Å²) in [7, 11) is -2.17. The van der Waals surface area contributed by atoms with E-state index < -0.39 is 28.3 Å². The van der Waals surface area contributed by atoms with Crippen LogP contribution in [0.1, 0.15) is 52.2 Å². The van der Waals surface area contributed by atoms with Crippen LogP contribution in [0.2, 0.25) is 0 Å². The lowest BCUT2D eigenvalue weighted by Crippen LogP contribution is -2.47. The first kappa shape index (κ1) is 40.0. The van der Waals surface area contributed by atoms with Gasteiger partial charge in [-0.1, -0.05) is 120 Å². The van der Waals surface area contributed by atoms with E-state index in [-0.39, 0.29) is 36.7 Å². The minimum absolute atomic E-state index is 0.0340. The van der Waals surface area contributed by atoms with Crippen LogP contribution in [0.4, 0.5) is 0 Å². The van der Waals surface area contributed by atoms with Crippen LogP contribution in [0, 0.1) is 6.92 Å². The molecule has 294 valence electrons. The van der Waals surface area contributed by atoms with Gasteiger partial charge in [0.15, 0.2) is 6.29 Å². The molecule has 12 nitrogen and oxygen atoms in total. The van der Waals surface area contributed by atoms with Crippen molar-refractivity contribution in [2.75, 3.05) is 5.75 Å². The molecule has 14 heteroatoms. The molecule has 1 saturated heterocycles. The van der Waals surface area contributed by atoms with Crippen molar-refractivity contribution in [1.29, 1.82) is 0 Å². The van der Waals surface area contributed by atoms with Gasteiger partial charge >= 0.3 is 0 Å². The Balaban J connectivity index is 1.06. The lowest BCUT2D eigenvalue weighted by atomic mass is 9.99. The minimum atomic E-state index is -3.97. The average Bonchev–Trinajstić information content (AvgIpc) is 3.66. The molecule has 0 spiro atoms. The Labute approximate surface area is 336 Å². The summed E-state index contributed by atoms with van der Waals surface area (Å²) in [5, 5.41) is 25.0. The first-order valence-corrected chi connectivity index (χ1v) is 21.1. The highest BCUT2D eigenvalue weighted by atomic mass is 32.2. The number of aromatic nitrogens is 4. The second-order valence-corrected chi connectivity index (χ2v) is 16.7. The number of rotatable bonds is 15. The Bertz CT molecular complexity index is 2380. The maximum Gasteiger partial charge on any atom is 0.241 e. The predicted molar refractivity (Wildman–Crippen MR) is 217 cm³/mol. The van der Waals surface area contributed by atoms with Gasteiger partial charge in [-0.25, -0.2) is 13.1 Å². The highest BCUT2D eigenvalue weighted by Crippen LogP contribution is 2.40. The molecule has 5 aromatic carbocycles. The zero-order chi connectivity index (χ0) is 39.8. The third-order valence-electron chi connectivity index (χ3n) is 9.71. The quantitative estimate of drug-likeness (QED) is 0.102. The Morgan fingerprint density at radius 3 is 2.30 bits per heavy atom. The summed E-state index contributed by atoms with van der Waals surface area (Å²) in [6.45, 7) is 2.04. The normalized spacial score (nSPS) is 17.6. The van der Waals surface area contributed by atoms with Crippen molar-refractivity contribution >= 4 is 27.7 Å². The lowest BCUT2D eigenvalue weighted by Gasteiger charge is -2.36. The fourth-order valence-electron chi connectivity index (χ4n) is 6.58. The first-order valence-electron chi connectivity index (χ1n) is 18.6. The molecular formula is C43H44N6O6S2. The zero-order valence-corrected chi connectivity index (χ0v) is 33.2. The van der Waals surface area contributed by atoms with Gasteiger partial charge in [-0.2, -0.15) is 4.72 Å². The van der Waals surface area contributed by atoms with Crippen LogP contribution in [0.5, 0.6) is 0 Å². The van der Waals surface area contributed by atoms with E-state index in [2.05, 4.69) is 25.6 Å². The van der Waals surface area contributed by atoms with Gasteiger partial charge in [-0.05, 0) is 81.4 Å². The van der Waals surface area contributed by atoms with Gasteiger partial charge in [-0.15, -0.1) is 5.10 Å². The van der Waals surface area contributed by atoms with Gasteiger partial charge in [0, 0.05) is 31.3 Å². The van der Waals surface area contributed by atoms with Crippen LogP contribution in [-0.2, 0) is 50.9 Å². The molecule has 0 aliphatic carbocycles. The van der Waals surface area contributed by atoms with Crippen molar-refractivity contribution in [1.82, 2.24) is 30.2 Å².